The smallest absolute Gasteiger partial charge is 0.419 e. The summed E-state index contributed by atoms with van der Waals surface area (Å²) >= 11 is 1.44. The number of aromatic nitrogens is 1. The average Bonchev–Trinajstić information content (AvgIpc) is 2.83. The van der Waals surface area contributed by atoms with Crippen LogP contribution in [0.3, 0.4) is 0 Å². The number of alkyl halides is 3. The van der Waals surface area contributed by atoms with Crippen LogP contribution in [-0.4, -0.2) is 17.9 Å². The second-order valence-corrected chi connectivity index (χ2v) is 5.27. The van der Waals surface area contributed by atoms with E-state index in [1.165, 1.54) is 23.5 Å². The molecule has 0 spiro atoms. The second kappa shape index (κ2) is 6.26. The van der Waals surface area contributed by atoms with Crippen LogP contribution in [0.15, 0.2) is 23.7 Å². The lowest BCUT2D eigenvalue weighted by atomic mass is 10.1. The van der Waals surface area contributed by atoms with E-state index in [-0.39, 0.29) is 17.9 Å². The normalized spacial score (nSPS) is 11.4. The van der Waals surface area contributed by atoms with Gasteiger partial charge in [-0.1, -0.05) is 0 Å². The SMILES string of the molecule is Cc1ncsc1CCOc1ccc(C=O)cc1C(F)(F)F. The first kappa shape index (κ1) is 15.5. The Balaban J connectivity index is 2.12. The minimum Gasteiger partial charge on any atom is -0.493 e. The third-order valence-electron chi connectivity index (χ3n) is 2.88. The largest absolute Gasteiger partial charge is 0.493 e. The zero-order valence-corrected chi connectivity index (χ0v) is 11.9. The number of halogens is 3. The van der Waals surface area contributed by atoms with Gasteiger partial charge >= 0.3 is 6.18 Å². The number of hydrogen-bond donors (Lipinski definition) is 0. The Morgan fingerprint density at radius 1 is 1.38 bits per heavy atom. The number of benzene rings is 1. The van der Waals surface area contributed by atoms with Gasteiger partial charge < -0.3 is 4.74 Å². The van der Waals surface area contributed by atoms with Crippen molar-refractivity contribution in [3.63, 3.8) is 0 Å². The van der Waals surface area contributed by atoms with Crippen LogP contribution >= 0.6 is 11.3 Å². The molecule has 0 saturated heterocycles. The van der Waals surface area contributed by atoms with Gasteiger partial charge in [0.05, 0.1) is 23.4 Å². The Morgan fingerprint density at radius 3 is 2.71 bits per heavy atom. The maximum atomic E-state index is 12.9. The maximum Gasteiger partial charge on any atom is 0.419 e. The van der Waals surface area contributed by atoms with E-state index in [1.54, 1.807) is 5.51 Å². The molecule has 0 radical (unpaired) electrons. The number of nitrogens with zero attached hydrogens (tertiary/aromatic N) is 1. The minimum absolute atomic E-state index is 0.0343. The maximum absolute atomic E-state index is 12.9. The number of hydrogen-bond acceptors (Lipinski definition) is 4. The summed E-state index contributed by atoms with van der Waals surface area (Å²) in [7, 11) is 0. The lowest BCUT2D eigenvalue weighted by Gasteiger charge is -2.14. The number of aryl methyl sites for hydroxylation is 1. The highest BCUT2D eigenvalue weighted by atomic mass is 32.1. The number of rotatable bonds is 5. The molecule has 0 unspecified atom stereocenters. The second-order valence-electron chi connectivity index (χ2n) is 4.33. The Bertz CT molecular complexity index is 637. The number of ether oxygens (including phenoxy) is 1. The van der Waals surface area contributed by atoms with Crippen LogP contribution in [0.5, 0.6) is 5.75 Å². The number of aldehydes is 1. The van der Waals surface area contributed by atoms with Gasteiger partial charge in [0, 0.05) is 16.9 Å². The molecule has 0 atom stereocenters. The molecule has 0 aliphatic rings. The summed E-state index contributed by atoms with van der Waals surface area (Å²) in [6.45, 7) is 1.96. The van der Waals surface area contributed by atoms with Crippen LogP contribution in [0.2, 0.25) is 0 Å². The summed E-state index contributed by atoms with van der Waals surface area (Å²) < 4.78 is 44.0. The predicted octanol–water partition coefficient (Wildman–Crippen LogP) is 3.90. The van der Waals surface area contributed by atoms with Gasteiger partial charge in [0.2, 0.25) is 0 Å². The van der Waals surface area contributed by atoms with E-state index in [1.807, 2.05) is 6.92 Å². The van der Waals surface area contributed by atoms with E-state index in [0.29, 0.717) is 12.7 Å². The standard InChI is InChI=1S/C14H12F3NO2S/c1-9-13(21-8-18-9)4-5-20-12-3-2-10(7-19)6-11(12)14(15,16)17/h2-3,6-8H,4-5H2,1H3. The van der Waals surface area contributed by atoms with Crippen molar-refractivity contribution in [1.29, 1.82) is 0 Å². The van der Waals surface area contributed by atoms with Crippen molar-refractivity contribution in [2.75, 3.05) is 6.61 Å². The summed E-state index contributed by atoms with van der Waals surface area (Å²) in [6, 6.07) is 3.27. The molecule has 1 heterocycles. The fourth-order valence-corrected chi connectivity index (χ4v) is 2.55. The molecule has 0 saturated carbocycles. The predicted molar refractivity (Wildman–Crippen MR) is 72.9 cm³/mol. The molecule has 3 nitrogen and oxygen atoms in total. The van der Waals surface area contributed by atoms with Gasteiger partial charge in [-0.2, -0.15) is 13.2 Å². The fourth-order valence-electron chi connectivity index (χ4n) is 1.79. The molecule has 0 aliphatic carbocycles. The molecule has 0 aliphatic heterocycles. The first-order valence-electron chi connectivity index (χ1n) is 6.10. The number of thiazole rings is 1. The number of carbonyl (C=O) groups excluding carboxylic acids is 1. The molecular weight excluding hydrogens is 303 g/mol. The van der Waals surface area contributed by atoms with Gasteiger partial charge in [0.25, 0.3) is 0 Å². The van der Waals surface area contributed by atoms with E-state index in [4.69, 9.17) is 4.74 Å². The Morgan fingerprint density at radius 2 is 2.14 bits per heavy atom. The first-order chi connectivity index (χ1) is 9.91. The summed E-state index contributed by atoms with van der Waals surface area (Å²) in [6.07, 6.45) is -3.70. The Kier molecular flexibility index (Phi) is 4.62. The molecule has 21 heavy (non-hydrogen) atoms. The highest BCUT2D eigenvalue weighted by molar-refractivity contribution is 7.09. The number of carbonyl (C=O) groups is 1. The van der Waals surface area contributed by atoms with Crippen LogP contribution in [0.1, 0.15) is 26.5 Å². The van der Waals surface area contributed by atoms with E-state index in [0.717, 1.165) is 16.6 Å². The van der Waals surface area contributed by atoms with Gasteiger partial charge in [0.15, 0.2) is 0 Å². The van der Waals surface area contributed by atoms with E-state index < -0.39 is 11.7 Å². The first-order valence-corrected chi connectivity index (χ1v) is 6.98. The van der Waals surface area contributed by atoms with Gasteiger partial charge in [-0.15, -0.1) is 11.3 Å². The zero-order chi connectivity index (χ0) is 15.5. The molecule has 2 aromatic rings. The van der Waals surface area contributed by atoms with Gasteiger partial charge in [-0.3, -0.25) is 4.79 Å². The van der Waals surface area contributed by atoms with Crippen molar-refractivity contribution in [2.24, 2.45) is 0 Å². The van der Waals surface area contributed by atoms with E-state index in [2.05, 4.69) is 4.98 Å². The van der Waals surface area contributed by atoms with Crippen LogP contribution in [0.25, 0.3) is 0 Å². The van der Waals surface area contributed by atoms with Crippen LogP contribution in [0.4, 0.5) is 13.2 Å². The summed E-state index contributed by atoms with van der Waals surface area (Å²) in [4.78, 5) is 15.6. The zero-order valence-electron chi connectivity index (χ0n) is 11.1. The Hall–Kier alpha value is -1.89. The molecular formula is C14H12F3NO2S. The summed E-state index contributed by atoms with van der Waals surface area (Å²) in [5.41, 5.74) is 1.57. The lowest BCUT2D eigenvalue weighted by Crippen LogP contribution is -2.11. The quantitative estimate of drug-likeness (QED) is 0.785. The molecule has 112 valence electrons. The van der Waals surface area contributed by atoms with Gasteiger partial charge in [-0.25, -0.2) is 4.98 Å². The van der Waals surface area contributed by atoms with Crippen molar-refractivity contribution in [3.05, 3.63) is 45.4 Å². The van der Waals surface area contributed by atoms with Crippen molar-refractivity contribution >= 4 is 17.6 Å². The summed E-state index contributed by atoms with van der Waals surface area (Å²) in [5.74, 6) is -0.268. The van der Waals surface area contributed by atoms with Crippen molar-refractivity contribution in [3.8, 4) is 5.75 Å². The minimum atomic E-state index is -4.56. The molecule has 0 N–H and O–H groups in total. The van der Waals surface area contributed by atoms with Crippen molar-refractivity contribution in [2.45, 2.75) is 19.5 Å². The Labute approximate surface area is 123 Å². The molecule has 7 heteroatoms. The van der Waals surface area contributed by atoms with Gasteiger partial charge in [-0.05, 0) is 25.1 Å². The van der Waals surface area contributed by atoms with Crippen LogP contribution < -0.4 is 4.74 Å². The third-order valence-corrected chi connectivity index (χ3v) is 3.87. The fraction of sp³-hybridized carbons (Fsp3) is 0.286. The monoisotopic (exact) mass is 315 g/mol. The molecule has 0 bridgehead atoms. The lowest BCUT2D eigenvalue weighted by molar-refractivity contribution is -0.138. The highest BCUT2D eigenvalue weighted by Gasteiger charge is 2.34. The average molecular weight is 315 g/mol. The molecule has 1 aromatic heterocycles. The molecule has 2 rings (SSSR count). The van der Waals surface area contributed by atoms with Crippen molar-refractivity contribution < 1.29 is 22.7 Å². The summed E-state index contributed by atoms with van der Waals surface area (Å²) in [5, 5.41) is 0. The van der Waals surface area contributed by atoms with Crippen LogP contribution in [-0.2, 0) is 12.6 Å². The molecule has 0 fully saturated rings. The van der Waals surface area contributed by atoms with Gasteiger partial charge in [0.1, 0.15) is 12.0 Å². The van der Waals surface area contributed by atoms with Crippen LogP contribution in [0, 0.1) is 6.92 Å². The molecule has 0 amide bonds. The van der Waals surface area contributed by atoms with E-state index >= 15 is 0 Å². The highest BCUT2D eigenvalue weighted by Crippen LogP contribution is 2.36. The third kappa shape index (κ3) is 3.81. The molecule has 1 aromatic carbocycles. The topological polar surface area (TPSA) is 39.2 Å². The van der Waals surface area contributed by atoms with Crippen molar-refractivity contribution in [1.82, 2.24) is 4.98 Å². The van der Waals surface area contributed by atoms with E-state index in [9.17, 15) is 18.0 Å².